The Hall–Kier alpha value is -4.30. The van der Waals surface area contributed by atoms with Gasteiger partial charge < -0.3 is 14.7 Å². The summed E-state index contributed by atoms with van der Waals surface area (Å²) in [6, 6.07) is 24.9. The smallest absolute Gasteiger partial charge is 0.346 e. The van der Waals surface area contributed by atoms with Gasteiger partial charge in [-0.15, -0.1) is 0 Å². The molecular formula is C31H28N2O3. The van der Waals surface area contributed by atoms with Crippen LogP contribution in [0.1, 0.15) is 54.4 Å². The van der Waals surface area contributed by atoms with Crippen LogP contribution in [0.15, 0.2) is 72.3 Å². The Balaban J connectivity index is 1.38. The number of benzene rings is 3. The third-order valence-corrected chi connectivity index (χ3v) is 7.01. The van der Waals surface area contributed by atoms with Crippen LogP contribution in [0, 0.1) is 11.3 Å². The number of ether oxygens (including phenoxy) is 1. The summed E-state index contributed by atoms with van der Waals surface area (Å²) >= 11 is 0. The lowest BCUT2D eigenvalue weighted by molar-refractivity contribution is -0.132. The van der Waals surface area contributed by atoms with Gasteiger partial charge in [0, 0.05) is 23.3 Å². The first-order valence-electron chi connectivity index (χ1n) is 12.4. The van der Waals surface area contributed by atoms with E-state index in [1.54, 1.807) is 6.07 Å². The molecule has 0 aromatic heterocycles. The number of nitrogens with zero attached hydrogens (tertiary/aromatic N) is 2. The third kappa shape index (κ3) is 4.63. The number of hydrogen-bond donors (Lipinski definition) is 1. The molecule has 2 unspecified atom stereocenters. The van der Waals surface area contributed by atoms with Crippen LogP contribution in [0.4, 0.5) is 11.4 Å². The second-order valence-electron chi connectivity index (χ2n) is 9.19. The van der Waals surface area contributed by atoms with E-state index in [1.807, 2.05) is 25.1 Å². The maximum absolute atomic E-state index is 11.3. The van der Waals surface area contributed by atoms with E-state index in [4.69, 9.17) is 10.00 Å². The molecule has 0 spiro atoms. The summed E-state index contributed by atoms with van der Waals surface area (Å²) in [7, 11) is 0. The molecule has 1 saturated carbocycles. The van der Waals surface area contributed by atoms with E-state index < -0.39 is 5.97 Å². The average Bonchev–Trinajstić information content (AvgIpc) is 3.48. The molecule has 180 valence electrons. The molecule has 1 fully saturated rings. The van der Waals surface area contributed by atoms with Gasteiger partial charge in [-0.25, -0.2) is 4.79 Å². The normalized spacial score (nSPS) is 18.7. The van der Waals surface area contributed by atoms with Gasteiger partial charge in [0.2, 0.25) is 0 Å². The number of nitriles is 1. The molecule has 5 rings (SSSR count). The fourth-order valence-corrected chi connectivity index (χ4v) is 5.39. The topological polar surface area (TPSA) is 73.6 Å². The fraction of sp³-hybridized carbons (Fsp3) is 0.226. The molecule has 5 heteroatoms. The molecule has 0 saturated heterocycles. The molecule has 36 heavy (non-hydrogen) atoms. The Morgan fingerprint density at radius 1 is 1.03 bits per heavy atom. The van der Waals surface area contributed by atoms with Crippen molar-refractivity contribution in [1.29, 1.82) is 5.26 Å². The van der Waals surface area contributed by atoms with Gasteiger partial charge in [-0.2, -0.15) is 5.26 Å². The summed E-state index contributed by atoms with van der Waals surface area (Å²) in [5.74, 6) is 0.101. The van der Waals surface area contributed by atoms with Crippen molar-refractivity contribution in [2.24, 2.45) is 0 Å². The molecule has 2 aliphatic rings. The lowest BCUT2D eigenvalue weighted by Gasteiger charge is -2.27. The number of aliphatic carboxylic acids is 1. The van der Waals surface area contributed by atoms with Crippen LogP contribution >= 0.6 is 0 Å². The number of anilines is 2. The van der Waals surface area contributed by atoms with Gasteiger partial charge in [0.15, 0.2) is 0 Å². The quantitative estimate of drug-likeness (QED) is 0.225. The van der Waals surface area contributed by atoms with Gasteiger partial charge in [0.05, 0.1) is 6.61 Å². The molecule has 1 N–H and O–H groups in total. The molecule has 3 aromatic carbocycles. The Morgan fingerprint density at radius 3 is 2.33 bits per heavy atom. The van der Waals surface area contributed by atoms with Gasteiger partial charge in [-0.05, 0) is 84.5 Å². The average molecular weight is 477 g/mol. The standard InChI is InChI=1S/C31H28N2O3/c1-2-36-26-15-10-22(11-16-26)7-6-21-8-13-25(14-9-21)33-29-5-3-4-27(29)28-19-23(12-17-30(28)33)18-24(20-32)31(34)35/h6-19,27,29H,2-5H2,1H3,(H,34,35)/b7-6?,24-18+. The maximum Gasteiger partial charge on any atom is 0.346 e. The van der Waals surface area contributed by atoms with E-state index in [1.165, 1.54) is 23.7 Å². The molecule has 5 nitrogen and oxygen atoms in total. The van der Waals surface area contributed by atoms with Crippen LogP contribution in [0.3, 0.4) is 0 Å². The van der Waals surface area contributed by atoms with E-state index in [2.05, 4.69) is 65.6 Å². The van der Waals surface area contributed by atoms with E-state index >= 15 is 0 Å². The second-order valence-corrected chi connectivity index (χ2v) is 9.19. The minimum Gasteiger partial charge on any atom is -0.494 e. The summed E-state index contributed by atoms with van der Waals surface area (Å²) in [6.45, 7) is 2.64. The predicted octanol–water partition coefficient (Wildman–Crippen LogP) is 7.04. The monoisotopic (exact) mass is 476 g/mol. The zero-order valence-electron chi connectivity index (χ0n) is 20.2. The zero-order chi connectivity index (χ0) is 25.1. The van der Waals surface area contributed by atoms with Crippen molar-refractivity contribution >= 4 is 35.6 Å². The van der Waals surface area contributed by atoms with Gasteiger partial charge >= 0.3 is 5.97 Å². The van der Waals surface area contributed by atoms with Gasteiger partial charge in [0.1, 0.15) is 17.4 Å². The third-order valence-electron chi connectivity index (χ3n) is 7.01. The number of carboxylic acid groups (broad SMARTS) is 1. The molecular weight excluding hydrogens is 448 g/mol. The van der Waals surface area contributed by atoms with E-state index in [9.17, 15) is 9.90 Å². The van der Waals surface area contributed by atoms with Crippen molar-refractivity contribution in [3.05, 3.63) is 94.6 Å². The van der Waals surface area contributed by atoms with Crippen LogP contribution in [-0.2, 0) is 4.79 Å². The first-order valence-corrected chi connectivity index (χ1v) is 12.4. The Labute approximate surface area is 211 Å². The van der Waals surface area contributed by atoms with E-state index in [0.717, 1.165) is 41.0 Å². The van der Waals surface area contributed by atoms with E-state index in [-0.39, 0.29) is 5.57 Å². The lowest BCUT2D eigenvalue weighted by atomic mass is 9.95. The number of fused-ring (bicyclic) bond motifs is 3. The summed E-state index contributed by atoms with van der Waals surface area (Å²) in [6.07, 6.45) is 9.10. The van der Waals surface area contributed by atoms with Crippen molar-refractivity contribution in [3.8, 4) is 11.8 Å². The predicted molar refractivity (Wildman–Crippen MR) is 143 cm³/mol. The minimum atomic E-state index is -1.20. The van der Waals surface area contributed by atoms with Gasteiger partial charge in [-0.3, -0.25) is 0 Å². The SMILES string of the molecule is CCOc1ccc(C=Cc2ccc(N3c4ccc(/C=C(\C#N)C(=O)O)cc4C4CCCC43)cc2)cc1. The summed E-state index contributed by atoms with van der Waals surface area (Å²) < 4.78 is 5.51. The molecule has 1 aliphatic carbocycles. The van der Waals surface area contributed by atoms with Crippen molar-refractivity contribution < 1.29 is 14.6 Å². The second kappa shape index (κ2) is 10.1. The molecule has 1 aliphatic heterocycles. The molecule has 3 aromatic rings. The van der Waals surface area contributed by atoms with Crippen molar-refractivity contribution in [1.82, 2.24) is 0 Å². The Kier molecular flexibility index (Phi) is 6.60. The molecule has 0 amide bonds. The fourth-order valence-electron chi connectivity index (χ4n) is 5.39. The highest BCUT2D eigenvalue weighted by atomic mass is 16.5. The Bertz CT molecular complexity index is 1360. The largest absolute Gasteiger partial charge is 0.494 e. The number of rotatable bonds is 7. The molecule has 0 radical (unpaired) electrons. The molecule has 0 bridgehead atoms. The zero-order valence-corrected chi connectivity index (χ0v) is 20.2. The van der Waals surface area contributed by atoms with Gasteiger partial charge in [0.25, 0.3) is 0 Å². The van der Waals surface area contributed by atoms with Crippen LogP contribution < -0.4 is 9.64 Å². The maximum atomic E-state index is 11.3. The number of carbonyl (C=O) groups is 1. The number of hydrogen-bond acceptors (Lipinski definition) is 4. The highest BCUT2D eigenvalue weighted by molar-refractivity contribution is 5.96. The van der Waals surface area contributed by atoms with Crippen molar-refractivity contribution in [2.45, 2.75) is 38.1 Å². The van der Waals surface area contributed by atoms with Crippen molar-refractivity contribution in [2.75, 3.05) is 11.5 Å². The van der Waals surface area contributed by atoms with Crippen LogP contribution in [-0.4, -0.2) is 23.7 Å². The molecule has 1 heterocycles. The minimum absolute atomic E-state index is 0.248. The van der Waals surface area contributed by atoms with Crippen molar-refractivity contribution in [3.63, 3.8) is 0 Å². The van der Waals surface area contributed by atoms with Crippen LogP contribution in [0.25, 0.3) is 18.2 Å². The summed E-state index contributed by atoms with van der Waals surface area (Å²) in [4.78, 5) is 13.7. The van der Waals surface area contributed by atoms with Crippen LogP contribution in [0.5, 0.6) is 5.75 Å². The van der Waals surface area contributed by atoms with Gasteiger partial charge in [-0.1, -0.05) is 48.9 Å². The summed E-state index contributed by atoms with van der Waals surface area (Å²) in [5, 5.41) is 18.3. The highest BCUT2D eigenvalue weighted by Gasteiger charge is 2.42. The highest BCUT2D eigenvalue weighted by Crippen LogP contribution is 2.52. The van der Waals surface area contributed by atoms with E-state index in [0.29, 0.717) is 18.6 Å². The molecule has 2 atom stereocenters. The lowest BCUT2D eigenvalue weighted by Crippen LogP contribution is -2.26. The first kappa shape index (κ1) is 23.4. The number of carboxylic acids is 1. The Morgan fingerprint density at radius 2 is 1.69 bits per heavy atom. The summed E-state index contributed by atoms with van der Waals surface area (Å²) in [5.41, 5.74) is 6.35. The first-order chi connectivity index (χ1) is 17.6. The van der Waals surface area contributed by atoms with Crippen LogP contribution in [0.2, 0.25) is 0 Å².